The van der Waals surface area contributed by atoms with Crippen LogP contribution >= 0.6 is 0 Å². The quantitative estimate of drug-likeness (QED) is 0.729. The van der Waals surface area contributed by atoms with Gasteiger partial charge < -0.3 is 9.47 Å². The highest BCUT2D eigenvalue weighted by atomic mass is 16.6. The SMILES string of the molecule is CCC(C(=O)OC1COC1)c1ccccc1. The molecule has 16 heavy (non-hydrogen) atoms. The first-order chi connectivity index (χ1) is 7.81. The van der Waals surface area contributed by atoms with Gasteiger partial charge in [0.25, 0.3) is 0 Å². The minimum Gasteiger partial charge on any atom is -0.457 e. The van der Waals surface area contributed by atoms with Crippen LogP contribution in [0.4, 0.5) is 0 Å². The van der Waals surface area contributed by atoms with E-state index in [-0.39, 0.29) is 18.0 Å². The number of hydrogen-bond acceptors (Lipinski definition) is 3. The van der Waals surface area contributed by atoms with Crippen molar-refractivity contribution in [3.8, 4) is 0 Å². The van der Waals surface area contributed by atoms with Gasteiger partial charge in [-0.15, -0.1) is 0 Å². The summed E-state index contributed by atoms with van der Waals surface area (Å²) in [7, 11) is 0. The zero-order valence-corrected chi connectivity index (χ0v) is 9.39. The van der Waals surface area contributed by atoms with E-state index in [9.17, 15) is 4.79 Å². The zero-order chi connectivity index (χ0) is 11.4. The molecular formula is C13H16O3. The lowest BCUT2D eigenvalue weighted by atomic mass is 9.97. The number of rotatable bonds is 4. The van der Waals surface area contributed by atoms with Gasteiger partial charge in [0.05, 0.1) is 19.1 Å². The molecule has 0 amide bonds. The number of esters is 1. The Kier molecular flexibility index (Phi) is 3.57. The van der Waals surface area contributed by atoms with Gasteiger partial charge in [0, 0.05) is 0 Å². The first-order valence-electron chi connectivity index (χ1n) is 5.64. The standard InChI is InChI=1S/C13H16O3/c1-2-12(10-6-4-3-5-7-10)13(14)16-11-8-15-9-11/h3-7,11-12H,2,8-9H2,1H3. The fraction of sp³-hybridized carbons (Fsp3) is 0.462. The molecule has 0 radical (unpaired) electrons. The summed E-state index contributed by atoms with van der Waals surface area (Å²) in [4.78, 5) is 11.9. The third-order valence-electron chi connectivity index (χ3n) is 2.79. The molecular weight excluding hydrogens is 204 g/mol. The summed E-state index contributed by atoms with van der Waals surface area (Å²) in [6, 6.07) is 9.76. The molecule has 2 rings (SSSR count). The second-order valence-electron chi connectivity index (χ2n) is 3.97. The molecule has 1 aromatic carbocycles. The maximum atomic E-state index is 11.9. The van der Waals surface area contributed by atoms with Crippen LogP contribution in [0.25, 0.3) is 0 Å². The third kappa shape index (κ3) is 2.42. The summed E-state index contributed by atoms with van der Waals surface area (Å²) in [6.07, 6.45) is 0.724. The molecule has 1 atom stereocenters. The number of carbonyl (C=O) groups excluding carboxylic acids is 1. The number of ether oxygens (including phenoxy) is 2. The van der Waals surface area contributed by atoms with Crippen molar-refractivity contribution < 1.29 is 14.3 Å². The summed E-state index contributed by atoms with van der Waals surface area (Å²) >= 11 is 0. The average Bonchev–Trinajstić information content (AvgIpc) is 2.26. The molecule has 0 bridgehead atoms. The highest BCUT2D eigenvalue weighted by Gasteiger charge is 2.27. The molecule has 3 heteroatoms. The molecule has 0 aromatic heterocycles. The Morgan fingerprint density at radius 3 is 2.62 bits per heavy atom. The molecule has 3 nitrogen and oxygen atoms in total. The van der Waals surface area contributed by atoms with E-state index in [0.29, 0.717) is 13.2 Å². The van der Waals surface area contributed by atoms with Crippen LogP contribution in [0.5, 0.6) is 0 Å². The molecule has 1 aliphatic rings. The Hall–Kier alpha value is -1.35. The van der Waals surface area contributed by atoms with E-state index >= 15 is 0 Å². The van der Waals surface area contributed by atoms with Crippen LogP contribution in [0.3, 0.4) is 0 Å². The van der Waals surface area contributed by atoms with Crippen molar-refractivity contribution in [2.75, 3.05) is 13.2 Å². The minimum absolute atomic E-state index is 0.0368. The Morgan fingerprint density at radius 1 is 1.44 bits per heavy atom. The van der Waals surface area contributed by atoms with Crippen molar-refractivity contribution >= 4 is 5.97 Å². The monoisotopic (exact) mass is 220 g/mol. The van der Waals surface area contributed by atoms with Crippen molar-refractivity contribution in [1.29, 1.82) is 0 Å². The summed E-state index contributed by atoms with van der Waals surface area (Å²) in [5.41, 5.74) is 1.02. The summed E-state index contributed by atoms with van der Waals surface area (Å²) in [5.74, 6) is -0.288. The maximum Gasteiger partial charge on any atom is 0.313 e. The first kappa shape index (κ1) is 11.1. The van der Waals surface area contributed by atoms with E-state index in [0.717, 1.165) is 12.0 Å². The lowest BCUT2D eigenvalue weighted by Crippen LogP contribution is -2.39. The third-order valence-corrected chi connectivity index (χ3v) is 2.79. The molecule has 0 spiro atoms. The number of benzene rings is 1. The summed E-state index contributed by atoms with van der Waals surface area (Å²) in [5, 5.41) is 0. The molecule has 86 valence electrons. The average molecular weight is 220 g/mol. The topological polar surface area (TPSA) is 35.5 Å². The fourth-order valence-electron chi connectivity index (χ4n) is 1.75. The number of carbonyl (C=O) groups is 1. The van der Waals surface area contributed by atoms with E-state index in [1.807, 2.05) is 37.3 Å². The molecule has 1 aliphatic heterocycles. The highest BCUT2D eigenvalue weighted by Crippen LogP contribution is 2.22. The van der Waals surface area contributed by atoms with E-state index in [1.165, 1.54) is 0 Å². The summed E-state index contributed by atoms with van der Waals surface area (Å²) in [6.45, 7) is 3.07. The second-order valence-corrected chi connectivity index (χ2v) is 3.97. The maximum absolute atomic E-state index is 11.9. The van der Waals surface area contributed by atoms with Crippen LogP contribution in [0.15, 0.2) is 30.3 Å². The van der Waals surface area contributed by atoms with Crippen LogP contribution in [0.2, 0.25) is 0 Å². The van der Waals surface area contributed by atoms with Crippen molar-refractivity contribution in [3.63, 3.8) is 0 Å². The Bertz CT molecular complexity index is 343. The molecule has 1 saturated heterocycles. The van der Waals surface area contributed by atoms with E-state index < -0.39 is 0 Å². The molecule has 1 fully saturated rings. The van der Waals surface area contributed by atoms with Gasteiger partial charge >= 0.3 is 5.97 Å². The van der Waals surface area contributed by atoms with Crippen LogP contribution < -0.4 is 0 Å². The highest BCUT2D eigenvalue weighted by molar-refractivity contribution is 5.78. The van der Waals surface area contributed by atoms with Gasteiger partial charge in [-0.25, -0.2) is 0 Å². The van der Waals surface area contributed by atoms with Crippen LogP contribution in [0.1, 0.15) is 24.8 Å². The van der Waals surface area contributed by atoms with Crippen molar-refractivity contribution in [2.45, 2.75) is 25.4 Å². The Morgan fingerprint density at radius 2 is 2.12 bits per heavy atom. The van der Waals surface area contributed by atoms with Gasteiger partial charge in [-0.2, -0.15) is 0 Å². The lowest BCUT2D eigenvalue weighted by Gasteiger charge is -2.27. The number of hydrogen-bond donors (Lipinski definition) is 0. The van der Waals surface area contributed by atoms with Crippen LogP contribution in [0, 0.1) is 0 Å². The van der Waals surface area contributed by atoms with Gasteiger partial charge in [-0.05, 0) is 12.0 Å². The van der Waals surface area contributed by atoms with E-state index in [2.05, 4.69) is 0 Å². The molecule has 0 aliphatic carbocycles. The van der Waals surface area contributed by atoms with Gasteiger partial charge in [-0.3, -0.25) is 4.79 Å². The Labute approximate surface area is 95.4 Å². The van der Waals surface area contributed by atoms with E-state index in [4.69, 9.17) is 9.47 Å². The smallest absolute Gasteiger partial charge is 0.313 e. The van der Waals surface area contributed by atoms with E-state index in [1.54, 1.807) is 0 Å². The molecule has 0 N–H and O–H groups in total. The van der Waals surface area contributed by atoms with Gasteiger partial charge in [0.15, 0.2) is 0 Å². The van der Waals surface area contributed by atoms with Crippen molar-refractivity contribution in [3.05, 3.63) is 35.9 Å². The van der Waals surface area contributed by atoms with Gasteiger partial charge in [-0.1, -0.05) is 37.3 Å². The summed E-state index contributed by atoms with van der Waals surface area (Å²) < 4.78 is 10.3. The lowest BCUT2D eigenvalue weighted by molar-refractivity contribution is -0.173. The minimum atomic E-state index is -0.151. The predicted molar refractivity (Wildman–Crippen MR) is 60.2 cm³/mol. The van der Waals surface area contributed by atoms with Crippen molar-refractivity contribution in [1.82, 2.24) is 0 Å². The molecule has 1 heterocycles. The zero-order valence-electron chi connectivity index (χ0n) is 9.39. The van der Waals surface area contributed by atoms with Gasteiger partial charge in [0.2, 0.25) is 0 Å². The first-order valence-corrected chi connectivity index (χ1v) is 5.64. The fourth-order valence-corrected chi connectivity index (χ4v) is 1.75. The van der Waals surface area contributed by atoms with Crippen LogP contribution in [-0.2, 0) is 14.3 Å². The Balaban J connectivity index is 2.01. The normalized spacial score (nSPS) is 17.6. The molecule has 1 aromatic rings. The largest absolute Gasteiger partial charge is 0.457 e. The van der Waals surface area contributed by atoms with Crippen molar-refractivity contribution in [2.24, 2.45) is 0 Å². The predicted octanol–water partition coefficient (Wildman–Crippen LogP) is 2.12. The second kappa shape index (κ2) is 5.12. The molecule has 1 unspecified atom stereocenters. The van der Waals surface area contributed by atoms with Gasteiger partial charge in [0.1, 0.15) is 6.10 Å². The van der Waals surface area contributed by atoms with Crippen LogP contribution in [-0.4, -0.2) is 25.3 Å². The molecule has 0 saturated carbocycles.